The molecule has 0 atom stereocenters. The number of benzene rings is 2. The van der Waals surface area contributed by atoms with E-state index >= 15 is 0 Å². The van der Waals surface area contributed by atoms with Gasteiger partial charge in [-0.3, -0.25) is 0 Å². The molecule has 0 spiro atoms. The number of rotatable bonds is 4. The smallest absolute Gasteiger partial charge is 0.125 e. The topological polar surface area (TPSA) is 29.3 Å². The molecule has 0 aromatic heterocycles. The molecule has 0 fully saturated rings. The van der Waals surface area contributed by atoms with Crippen molar-refractivity contribution in [3.8, 4) is 0 Å². The van der Waals surface area contributed by atoms with Crippen molar-refractivity contribution < 1.29 is 4.39 Å². The lowest BCUT2D eigenvalue weighted by Crippen LogP contribution is -2.22. The van der Waals surface area contributed by atoms with Gasteiger partial charge < -0.3 is 10.6 Å². The molecule has 0 unspecified atom stereocenters. The Morgan fingerprint density at radius 2 is 2.00 bits per heavy atom. The number of halogens is 2. The summed E-state index contributed by atoms with van der Waals surface area (Å²) in [5.41, 5.74) is 8.64. The molecular formula is C15H16BrFN2. The number of nitrogens with two attached hydrogens (primary N) is 1. The van der Waals surface area contributed by atoms with E-state index in [4.69, 9.17) is 5.73 Å². The van der Waals surface area contributed by atoms with Gasteiger partial charge in [-0.25, -0.2) is 4.39 Å². The van der Waals surface area contributed by atoms with Crippen molar-refractivity contribution in [2.75, 3.05) is 17.2 Å². The molecule has 19 heavy (non-hydrogen) atoms. The minimum Gasteiger partial charge on any atom is -0.398 e. The minimum absolute atomic E-state index is 0.222. The van der Waals surface area contributed by atoms with Gasteiger partial charge in [0.1, 0.15) is 5.82 Å². The van der Waals surface area contributed by atoms with Gasteiger partial charge in [0.25, 0.3) is 0 Å². The fourth-order valence-electron chi connectivity index (χ4n) is 1.97. The van der Waals surface area contributed by atoms with E-state index < -0.39 is 0 Å². The summed E-state index contributed by atoms with van der Waals surface area (Å²) in [6.45, 7) is 3.50. The zero-order valence-electron chi connectivity index (χ0n) is 10.7. The van der Waals surface area contributed by atoms with Crippen LogP contribution in [0.15, 0.2) is 46.9 Å². The van der Waals surface area contributed by atoms with Crippen LogP contribution in [0.3, 0.4) is 0 Å². The molecule has 0 amide bonds. The molecule has 2 nitrogen and oxygen atoms in total. The van der Waals surface area contributed by atoms with Gasteiger partial charge in [-0.1, -0.05) is 28.1 Å². The molecule has 2 N–H and O–H groups in total. The molecule has 0 aliphatic rings. The Kier molecular flexibility index (Phi) is 4.43. The van der Waals surface area contributed by atoms with Gasteiger partial charge in [-0.2, -0.15) is 0 Å². The molecule has 0 aliphatic carbocycles. The molecule has 2 aromatic carbocycles. The third-order valence-corrected chi connectivity index (χ3v) is 3.52. The summed E-state index contributed by atoms with van der Waals surface area (Å²) in [4.78, 5) is 2.09. The van der Waals surface area contributed by atoms with Crippen molar-refractivity contribution >= 4 is 27.3 Å². The van der Waals surface area contributed by atoms with Gasteiger partial charge in [0.2, 0.25) is 0 Å². The lowest BCUT2D eigenvalue weighted by molar-refractivity contribution is 0.626. The summed E-state index contributed by atoms with van der Waals surface area (Å²) >= 11 is 3.39. The normalized spacial score (nSPS) is 10.5. The Bertz CT molecular complexity index is 572. The zero-order chi connectivity index (χ0) is 13.8. The highest BCUT2D eigenvalue weighted by Gasteiger charge is 2.08. The highest BCUT2D eigenvalue weighted by atomic mass is 79.9. The van der Waals surface area contributed by atoms with Crippen LogP contribution in [0.4, 0.5) is 15.8 Å². The third kappa shape index (κ3) is 3.47. The zero-order valence-corrected chi connectivity index (χ0v) is 12.3. The maximum Gasteiger partial charge on any atom is 0.125 e. The van der Waals surface area contributed by atoms with E-state index in [1.165, 1.54) is 6.07 Å². The van der Waals surface area contributed by atoms with Crippen molar-refractivity contribution in [1.82, 2.24) is 0 Å². The molecule has 0 saturated heterocycles. The Balaban J connectivity index is 2.24. The van der Waals surface area contributed by atoms with Crippen LogP contribution in [0.5, 0.6) is 0 Å². The molecule has 0 bridgehead atoms. The highest BCUT2D eigenvalue weighted by Crippen LogP contribution is 2.23. The summed E-state index contributed by atoms with van der Waals surface area (Å²) in [6.07, 6.45) is 0. The summed E-state index contributed by atoms with van der Waals surface area (Å²) in [6, 6.07) is 12.4. The summed E-state index contributed by atoms with van der Waals surface area (Å²) < 4.78 is 14.2. The summed E-state index contributed by atoms with van der Waals surface area (Å²) in [5, 5.41) is 0. The maximum absolute atomic E-state index is 13.3. The van der Waals surface area contributed by atoms with E-state index in [0.29, 0.717) is 6.54 Å². The Morgan fingerprint density at radius 3 is 2.63 bits per heavy atom. The first-order chi connectivity index (χ1) is 9.10. The van der Waals surface area contributed by atoms with Crippen LogP contribution in [0.1, 0.15) is 12.5 Å². The molecule has 2 rings (SSSR count). The predicted molar refractivity (Wildman–Crippen MR) is 81.7 cm³/mol. The first-order valence-electron chi connectivity index (χ1n) is 6.14. The highest BCUT2D eigenvalue weighted by molar-refractivity contribution is 9.10. The quantitative estimate of drug-likeness (QED) is 0.855. The standard InChI is InChI=1S/C15H16BrFN2/c1-2-19(14-5-3-4-13(17)9-14)10-11-6-7-12(16)8-15(11)18/h3-9H,2,10,18H2,1H3. The number of hydrogen-bond donors (Lipinski definition) is 1. The fourth-order valence-corrected chi connectivity index (χ4v) is 2.35. The van der Waals surface area contributed by atoms with Crippen molar-refractivity contribution in [2.24, 2.45) is 0 Å². The molecular weight excluding hydrogens is 307 g/mol. The van der Waals surface area contributed by atoms with Crippen LogP contribution in [-0.2, 0) is 6.54 Å². The number of hydrogen-bond acceptors (Lipinski definition) is 2. The van der Waals surface area contributed by atoms with Crippen LogP contribution in [0, 0.1) is 5.82 Å². The molecule has 0 radical (unpaired) electrons. The second-order valence-corrected chi connectivity index (χ2v) is 5.25. The average Bonchev–Trinajstić information content (AvgIpc) is 2.38. The van der Waals surface area contributed by atoms with E-state index in [-0.39, 0.29) is 5.82 Å². The van der Waals surface area contributed by atoms with E-state index in [0.717, 1.165) is 28.0 Å². The van der Waals surface area contributed by atoms with Crippen LogP contribution in [0.2, 0.25) is 0 Å². The van der Waals surface area contributed by atoms with Gasteiger partial charge in [-0.15, -0.1) is 0 Å². The Morgan fingerprint density at radius 1 is 1.21 bits per heavy atom. The van der Waals surface area contributed by atoms with Gasteiger partial charge in [0.05, 0.1) is 0 Å². The molecule has 0 aliphatic heterocycles. The maximum atomic E-state index is 13.3. The fraction of sp³-hybridized carbons (Fsp3) is 0.200. The van der Waals surface area contributed by atoms with Crippen molar-refractivity contribution in [3.05, 3.63) is 58.3 Å². The molecule has 0 heterocycles. The van der Waals surface area contributed by atoms with E-state index in [2.05, 4.69) is 20.8 Å². The van der Waals surface area contributed by atoms with Crippen molar-refractivity contribution in [2.45, 2.75) is 13.5 Å². The monoisotopic (exact) mass is 322 g/mol. The first-order valence-corrected chi connectivity index (χ1v) is 6.94. The predicted octanol–water partition coefficient (Wildman–Crippen LogP) is 4.20. The molecule has 2 aromatic rings. The molecule has 4 heteroatoms. The SMILES string of the molecule is CCN(Cc1ccc(Br)cc1N)c1cccc(F)c1. The average molecular weight is 323 g/mol. The van der Waals surface area contributed by atoms with Gasteiger partial charge in [0, 0.05) is 28.9 Å². The molecule has 0 saturated carbocycles. The van der Waals surface area contributed by atoms with E-state index in [1.54, 1.807) is 12.1 Å². The summed E-state index contributed by atoms with van der Waals surface area (Å²) in [7, 11) is 0. The van der Waals surface area contributed by atoms with Crippen molar-refractivity contribution in [1.29, 1.82) is 0 Å². The van der Waals surface area contributed by atoms with Crippen LogP contribution in [0.25, 0.3) is 0 Å². The number of nitrogen functional groups attached to an aromatic ring is 1. The van der Waals surface area contributed by atoms with E-state index in [9.17, 15) is 4.39 Å². The Hall–Kier alpha value is -1.55. The third-order valence-electron chi connectivity index (χ3n) is 3.02. The van der Waals surface area contributed by atoms with Gasteiger partial charge >= 0.3 is 0 Å². The molecule has 100 valence electrons. The first kappa shape index (κ1) is 13.9. The van der Waals surface area contributed by atoms with E-state index in [1.807, 2.05) is 31.2 Å². The van der Waals surface area contributed by atoms with Crippen LogP contribution < -0.4 is 10.6 Å². The summed E-state index contributed by atoms with van der Waals surface area (Å²) in [5.74, 6) is -0.222. The number of anilines is 2. The number of nitrogens with zero attached hydrogens (tertiary/aromatic N) is 1. The van der Waals surface area contributed by atoms with Crippen LogP contribution >= 0.6 is 15.9 Å². The van der Waals surface area contributed by atoms with Gasteiger partial charge in [-0.05, 0) is 42.8 Å². The largest absolute Gasteiger partial charge is 0.398 e. The second-order valence-electron chi connectivity index (χ2n) is 4.34. The van der Waals surface area contributed by atoms with Crippen LogP contribution in [-0.4, -0.2) is 6.54 Å². The minimum atomic E-state index is -0.222. The second kappa shape index (κ2) is 6.06. The van der Waals surface area contributed by atoms with Crippen molar-refractivity contribution in [3.63, 3.8) is 0 Å². The van der Waals surface area contributed by atoms with Gasteiger partial charge in [0.15, 0.2) is 0 Å². The lowest BCUT2D eigenvalue weighted by Gasteiger charge is -2.24. The Labute approximate surface area is 121 Å². The lowest BCUT2D eigenvalue weighted by atomic mass is 10.1.